The van der Waals surface area contributed by atoms with Gasteiger partial charge in [-0.25, -0.2) is 4.98 Å². The Morgan fingerprint density at radius 2 is 2.40 bits per heavy atom. The van der Waals surface area contributed by atoms with E-state index in [0.29, 0.717) is 11.6 Å². The van der Waals surface area contributed by atoms with E-state index in [-0.39, 0.29) is 0 Å². The molecule has 0 spiro atoms. The van der Waals surface area contributed by atoms with Crippen LogP contribution in [0.2, 0.25) is 5.02 Å². The van der Waals surface area contributed by atoms with Crippen molar-refractivity contribution in [2.75, 3.05) is 31.7 Å². The molecule has 0 N–H and O–H groups in total. The minimum absolute atomic E-state index is 0.643. The van der Waals surface area contributed by atoms with E-state index in [1.165, 1.54) is 0 Å². The summed E-state index contributed by atoms with van der Waals surface area (Å²) in [7, 11) is 1.68. The number of ether oxygens (including phenoxy) is 1. The van der Waals surface area contributed by atoms with Crippen LogP contribution in [-0.4, -0.2) is 31.8 Å². The van der Waals surface area contributed by atoms with E-state index in [0.717, 1.165) is 18.9 Å². The van der Waals surface area contributed by atoms with Gasteiger partial charge in [-0.2, -0.15) is 0 Å². The molecule has 1 aromatic rings. The predicted octanol–water partition coefficient (Wildman–Crippen LogP) is 2.37. The molecular weight excluding hydrogens is 212 g/mol. The first-order chi connectivity index (χ1) is 7.27. The molecule has 1 aromatic heterocycles. The van der Waals surface area contributed by atoms with Gasteiger partial charge in [0.2, 0.25) is 0 Å². The largest absolute Gasteiger partial charge is 0.383 e. The van der Waals surface area contributed by atoms with Crippen LogP contribution in [0.5, 0.6) is 0 Å². The Morgan fingerprint density at radius 3 is 2.93 bits per heavy atom. The first kappa shape index (κ1) is 12.0. The molecule has 0 atom stereocenters. The highest BCUT2D eigenvalue weighted by atomic mass is 35.5. The molecule has 0 aliphatic heterocycles. The number of methoxy groups -OCH3 is 1. The molecule has 0 fully saturated rings. The van der Waals surface area contributed by atoms with Crippen molar-refractivity contribution in [1.29, 1.82) is 0 Å². The summed E-state index contributed by atoms with van der Waals surface area (Å²) in [5, 5.41) is 0.643. The molecule has 15 heavy (non-hydrogen) atoms. The van der Waals surface area contributed by atoms with Crippen molar-refractivity contribution in [1.82, 2.24) is 4.98 Å². The van der Waals surface area contributed by atoms with Crippen LogP contribution in [0.15, 0.2) is 31.0 Å². The lowest BCUT2D eigenvalue weighted by Gasteiger charge is -2.21. The maximum absolute atomic E-state index is 5.77. The number of rotatable bonds is 6. The van der Waals surface area contributed by atoms with E-state index < -0.39 is 0 Å². The zero-order chi connectivity index (χ0) is 11.1. The maximum atomic E-state index is 5.77. The second-order valence-corrected chi connectivity index (χ2v) is 3.50. The third-order valence-corrected chi connectivity index (χ3v) is 2.17. The SMILES string of the molecule is C=CCN(CCOC)c1ccc(Cl)cn1. The fourth-order valence-electron chi connectivity index (χ4n) is 1.21. The highest BCUT2D eigenvalue weighted by Crippen LogP contribution is 2.13. The van der Waals surface area contributed by atoms with Crippen LogP contribution in [-0.2, 0) is 4.74 Å². The highest BCUT2D eigenvalue weighted by molar-refractivity contribution is 6.30. The van der Waals surface area contributed by atoms with Gasteiger partial charge in [-0.05, 0) is 12.1 Å². The fraction of sp³-hybridized carbons (Fsp3) is 0.364. The Hall–Kier alpha value is -1.06. The van der Waals surface area contributed by atoms with Gasteiger partial charge in [-0.3, -0.25) is 0 Å². The predicted molar refractivity (Wildman–Crippen MR) is 63.5 cm³/mol. The second-order valence-electron chi connectivity index (χ2n) is 3.06. The summed E-state index contributed by atoms with van der Waals surface area (Å²) < 4.78 is 5.03. The lowest BCUT2D eigenvalue weighted by atomic mass is 10.4. The summed E-state index contributed by atoms with van der Waals surface area (Å²) in [6.45, 7) is 5.92. The van der Waals surface area contributed by atoms with Crippen molar-refractivity contribution in [3.8, 4) is 0 Å². The Balaban J connectivity index is 2.69. The second kappa shape index (κ2) is 6.43. The van der Waals surface area contributed by atoms with Gasteiger partial charge in [-0.15, -0.1) is 6.58 Å². The van der Waals surface area contributed by atoms with Crippen LogP contribution in [0.4, 0.5) is 5.82 Å². The monoisotopic (exact) mass is 226 g/mol. The highest BCUT2D eigenvalue weighted by Gasteiger charge is 2.05. The van der Waals surface area contributed by atoms with Crippen molar-refractivity contribution in [2.45, 2.75) is 0 Å². The average molecular weight is 227 g/mol. The lowest BCUT2D eigenvalue weighted by molar-refractivity contribution is 0.205. The van der Waals surface area contributed by atoms with Gasteiger partial charge in [-0.1, -0.05) is 17.7 Å². The van der Waals surface area contributed by atoms with Crippen LogP contribution < -0.4 is 4.90 Å². The van der Waals surface area contributed by atoms with Gasteiger partial charge >= 0.3 is 0 Å². The van der Waals surface area contributed by atoms with Gasteiger partial charge in [0.15, 0.2) is 0 Å². The Morgan fingerprint density at radius 1 is 1.60 bits per heavy atom. The summed E-state index contributed by atoms with van der Waals surface area (Å²) in [6, 6.07) is 3.72. The molecule has 0 aliphatic rings. The van der Waals surface area contributed by atoms with Crippen LogP contribution in [0.1, 0.15) is 0 Å². The first-order valence-corrected chi connectivity index (χ1v) is 5.12. The smallest absolute Gasteiger partial charge is 0.128 e. The van der Waals surface area contributed by atoms with Gasteiger partial charge in [0.1, 0.15) is 5.82 Å². The van der Waals surface area contributed by atoms with E-state index >= 15 is 0 Å². The summed E-state index contributed by atoms with van der Waals surface area (Å²) >= 11 is 5.77. The third-order valence-electron chi connectivity index (χ3n) is 1.95. The molecule has 0 radical (unpaired) electrons. The average Bonchev–Trinajstić information content (AvgIpc) is 2.25. The molecule has 4 heteroatoms. The molecule has 0 unspecified atom stereocenters. The lowest BCUT2D eigenvalue weighted by Crippen LogP contribution is -2.27. The molecule has 1 rings (SSSR count). The minimum atomic E-state index is 0.643. The quantitative estimate of drug-likeness (QED) is 0.697. The van der Waals surface area contributed by atoms with Crippen molar-refractivity contribution in [2.24, 2.45) is 0 Å². The number of halogens is 1. The molecule has 0 saturated heterocycles. The van der Waals surface area contributed by atoms with Crippen molar-refractivity contribution < 1.29 is 4.74 Å². The standard InChI is InChI=1S/C11H15ClN2O/c1-3-6-14(7-8-15-2)11-5-4-10(12)9-13-11/h3-5,9H,1,6-8H2,2H3. The van der Waals surface area contributed by atoms with Gasteiger partial charge < -0.3 is 9.64 Å². The Labute approximate surface area is 95.3 Å². The number of aromatic nitrogens is 1. The Bertz CT molecular complexity index is 300. The molecular formula is C11H15ClN2O. The first-order valence-electron chi connectivity index (χ1n) is 4.74. The normalized spacial score (nSPS) is 10.0. The van der Waals surface area contributed by atoms with Crippen molar-refractivity contribution in [3.63, 3.8) is 0 Å². The van der Waals surface area contributed by atoms with E-state index in [1.54, 1.807) is 13.3 Å². The van der Waals surface area contributed by atoms with Crippen LogP contribution in [0.3, 0.4) is 0 Å². The maximum Gasteiger partial charge on any atom is 0.128 e. The minimum Gasteiger partial charge on any atom is -0.383 e. The molecule has 0 bridgehead atoms. The fourth-order valence-corrected chi connectivity index (χ4v) is 1.32. The van der Waals surface area contributed by atoms with Crippen LogP contribution in [0, 0.1) is 0 Å². The van der Waals surface area contributed by atoms with Crippen molar-refractivity contribution in [3.05, 3.63) is 36.0 Å². The van der Waals surface area contributed by atoms with Crippen LogP contribution in [0.25, 0.3) is 0 Å². The number of hydrogen-bond acceptors (Lipinski definition) is 3. The number of pyridine rings is 1. The molecule has 1 heterocycles. The Kier molecular flexibility index (Phi) is 5.15. The van der Waals surface area contributed by atoms with E-state index in [2.05, 4.69) is 16.5 Å². The molecule has 82 valence electrons. The third kappa shape index (κ3) is 3.90. The van der Waals surface area contributed by atoms with Crippen molar-refractivity contribution >= 4 is 17.4 Å². The van der Waals surface area contributed by atoms with E-state index in [9.17, 15) is 0 Å². The van der Waals surface area contributed by atoms with E-state index in [1.807, 2.05) is 18.2 Å². The zero-order valence-corrected chi connectivity index (χ0v) is 9.57. The number of hydrogen-bond donors (Lipinski definition) is 0. The summed E-state index contributed by atoms with van der Waals surface area (Å²) in [5.41, 5.74) is 0. The zero-order valence-electron chi connectivity index (χ0n) is 8.82. The summed E-state index contributed by atoms with van der Waals surface area (Å²) in [6.07, 6.45) is 3.48. The number of anilines is 1. The molecule has 0 saturated carbocycles. The summed E-state index contributed by atoms with van der Waals surface area (Å²) in [4.78, 5) is 6.32. The summed E-state index contributed by atoms with van der Waals surface area (Å²) in [5.74, 6) is 0.886. The number of nitrogens with zero attached hydrogens (tertiary/aromatic N) is 2. The molecule has 3 nitrogen and oxygen atoms in total. The van der Waals surface area contributed by atoms with Gasteiger partial charge in [0, 0.05) is 26.4 Å². The molecule has 0 amide bonds. The van der Waals surface area contributed by atoms with Gasteiger partial charge in [0.05, 0.1) is 11.6 Å². The van der Waals surface area contributed by atoms with Crippen LogP contribution >= 0.6 is 11.6 Å². The van der Waals surface area contributed by atoms with E-state index in [4.69, 9.17) is 16.3 Å². The van der Waals surface area contributed by atoms with Gasteiger partial charge in [0.25, 0.3) is 0 Å². The topological polar surface area (TPSA) is 25.4 Å². The molecule has 0 aliphatic carbocycles. The molecule has 0 aromatic carbocycles.